The van der Waals surface area contributed by atoms with Gasteiger partial charge in [0.15, 0.2) is 11.5 Å². The van der Waals surface area contributed by atoms with Crippen LogP contribution in [0.5, 0.6) is 5.75 Å². The van der Waals surface area contributed by atoms with E-state index in [1.54, 1.807) is 29.5 Å². The average molecular weight is 438 g/mol. The zero-order valence-electron chi connectivity index (χ0n) is 17.6. The van der Waals surface area contributed by atoms with Gasteiger partial charge in [-0.15, -0.1) is 21.5 Å². The number of thiophene rings is 1. The van der Waals surface area contributed by atoms with E-state index in [9.17, 15) is 9.90 Å². The zero-order valence-corrected chi connectivity index (χ0v) is 18.4. The van der Waals surface area contributed by atoms with Gasteiger partial charge in [0.05, 0.1) is 0 Å². The number of hydrogen-bond donors (Lipinski definition) is 2. The summed E-state index contributed by atoms with van der Waals surface area (Å²) in [4.78, 5) is 17.9. The maximum absolute atomic E-state index is 12.0. The van der Waals surface area contributed by atoms with Crippen molar-refractivity contribution in [3.05, 3.63) is 58.4 Å². The van der Waals surface area contributed by atoms with Crippen LogP contribution in [0.2, 0.25) is 0 Å². The Bertz CT molecular complexity index is 1010. The average Bonchev–Trinajstić information content (AvgIpc) is 3.27. The number of hydrogen-bond acceptors (Lipinski definition) is 7. The molecule has 1 saturated heterocycles. The summed E-state index contributed by atoms with van der Waals surface area (Å²) in [6.45, 7) is 7.21. The number of nitrogens with zero attached hydrogens (tertiary/aromatic N) is 4. The molecule has 3 aromatic rings. The Labute approximate surface area is 186 Å². The monoisotopic (exact) mass is 437 g/mol. The summed E-state index contributed by atoms with van der Waals surface area (Å²) >= 11 is 1.75. The van der Waals surface area contributed by atoms with E-state index in [4.69, 9.17) is 0 Å². The lowest BCUT2D eigenvalue weighted by Gasteiger charge is -2.34. The van der Waals surface area contributed by atoms with E-state index >= 15 is 0 Å². The predicted molar refractivity (Wildman–Crippen MR) is 124 cm³/mol. The number of rotatable bonds is 7. The molecule has 1 fully saturated rings. The van der Waals surface area contributed by atoms with Crippen molar-refractivity contribution < 1.29 is 9.90 Å². The number of phenolic OH excluding ortho intramolecular Hbond substituents is 1. The fourth-order valence-electron chi connectivity index (χ4n) is 3.60. The molecule has 2 aromatic heterocycles. The largest absolute Gasteiger partial charge is 0.508 e. The van der Waals surface area contributed by atoms with Crippen molar-refractivity contribution in [2.75, 3.05) is 37.6 Å². The highest BCUT2D eigenvalue weighted by molar-refractivity contribution is 7.10. The van der Waals surface area contributed by atoms with Gasteiger partial charge in [0, 0.05) is 44.1 Å². The molecule has 7 nitrogen and oxygen atoms in total. The zero-order chi connectivity index (χ0) is 21.6. The minimum absolute atomic E-state index is 0.174. The molecule has 0 aliphatic carbocycles. The van der Waals surface area contributed by atoms with Crippen LogP contribution in [0.25, 0.3) is 11.1 Å². The first-order valence-electron chi connectivity index (χ1n) is 10.6. The second-order valence-electron chi connectivity index (χ2n) is 7.65. The number of carbonyl (C=O) groups excluding carboxylic acids is 1. The second kappa shape index (κ2) is 9.89. The Kier molecular flexibility index (Phi) is 6.79. The third-order valence-corrected chi connectivity index (χ3v) is 6.25. The van der Waals surface area contributed by atoms with Crippen LogP contribution in [0.4, 0.5) is 5.82 Å². The van der Waals surface area contributed by atoms with Crippen LogP contribution in [-0.4, -0.2) is 58.8 Å². The number of amides is 1. The number of nitrogens with one attached hydrogen (secondary N) is 1. The molecular formula is C23H27N5O2S. The molecule has 31 heavy (non-hydrogen) atoms. The van der Waals surface area contributed by atoms with Crippen LogP contribution >= 0.6 is 11.3 Å². The van der Waals surface area contributed by atoms with Crippen molar-refractivity contribution >= 4 is 23.1 Å². The van der Waals surface area contributed by atoms with E-state index in [2.05, 4.69) is 36.8 Å². The normalized spacial score (nSPS) is 14.5. The topological polar surface area (TPSA) is 81.6 Å². The second-order valence-corrected chi connectivity index (χ2v) is 8.64. The Balaban J connectivity index is 1.30. The minimum Gasteiger partial charge on any atom is -0.508 e. The van der Waals surface area contributed by atoms with E-state index < -0.39 is 0 Å². The number of phenols is 1. The Morgan fingerprint density at radius 3 is 2.65 bits per heavy atom. The standard InChI is InChI=1S/C23H27N5O2S/c1-2-8-24-23(30)21-6-7-22(26-25-21)28-11-9-27(10-12-28)15-20-14-18(16-31-20)17-4-3-5-19(29)13-17/h3-7,13-14,16,29H,2,8-12,15H2,1H3,(H,24,30). The predicted octanol–water partition coefficient (Wildman–Crippen LogP) is 3.37. The van der Waals surface area contributed by atoms with Crippen molar-refractivity contribution in [1.82, 2.24) is 20.4 Å². The molecule has 0 unspecified atom stereocenters. The van der Waals surface area contributed by atoms with Crippen molar-refractivity contribution in [3.63, 3.8) is 0 Å². The molecule has 0 saturated carbocycles. The molecule has 0 spiro atoms. The molecule has 162 valence electrons. The molecule has 2 N–H and O–H groups in total. The number of piperazine rings is 1. The van der Waals surface area contributed by atoms with Gasteiger partial charge in [0.1, 0.15) is 5.75 Å². The third kappa shape index (κ3) is 5.39. The van der Waals surface area contributed by atoms with Gasteiger partial charge >= 0.3 is 0 Å². The first-order valence-corrected chi connectivity index (χ1v) is 11.5. The molecule has 1 aromatic carbocycles. The van der Waals surface area contributed by atoms with Crippen LogP contribution < -0.4 is 10.2 Å². The Morgan fingerprint density at radius 2 is 1.94 bits per heavy atom. The van der Waals surface area contributed by atoms with E-state index in [1.807, 2.05) is 25.1 Å². The first-order chi connectivity index (χ1) is 15.1. The van der Waals surface area contributed by atoms with E-state index in [0.717, 1.165) is 56.1 Å². The molecule has 1 amide bonds. The van der Waals surface area contributed by atoms with E-state index in [1.165, 1.54) is 4.88 Å². The number of benzene rings is 1. The maximum Gasteiger partial charge on any atom is 0.271 e. The van der Waals surface area contributed by atoms with Gasteiger partial charge in [-0.2, -0.15) is 0 Å². The van der Waals surface area contributed by atoms with Gasteiger partial charge in [-0.05, 0) is 53.3 Å². The fraction of sp³-hybridized carbons (Fsp3) is 0.348. The lowest BCUT2D eigenvalue weighted by molar-refractivity contribution is 0.0947. The molecule has 0 atom stereocenters. The Hall–Kier alpha value is -2.97. The summed E-state index contributed by atoms with van der Waals surface area (Å²) in [7, 11) is 0. The van der Waals surface area contributed by atoms with Crippen molar-refractivity contribution in [1.29, 1.82) is 0 Å². The molecular weight excluding hydrogens is 410 g/mol. The van der Waals surface area contributed by atoms with Gasteiger partial charge < -0.3 is 15.3 Å². The molecule has 8 heteroatoms. The minimum atomic E-state index is -0.174. The molecule has 3 heterocycles. The molecule has 4 rings (SSSR count). The third-order valence-electron chi connectivity index (χ3n) is 5.33. The van der Waals surface area contributed by atoms with Gasteiger partial charge in [-0.1, -0.05) is 19.1 Å². The summed E-state index contributed by atoms with van der Waals surface area (Å²) in [5, 5.41) is 23.0. The van der Waals surface area contributed by atoms with Crippen LogP contribution in [0, 0.1) is 0 Å². The van der Waals surface area contributed by atoms with Gasteiger partial charge in [-0.25, -0.2) is 0 Å². The number of anilines is 1. The summed E-state index contributed by atoms with van der Waals surface area (Å²) < 4.78 is 0. The molecule has 0 bridgehead atoms. The van der Waals surface area contributed by atoms with Crippen LogP contribution in [-0.2, 0) is 6.54 Å². The highest BCUT2D eigenvalue weighted by Crippen LogP contribution is 2.29. The summed E-state index contributed by atoms with van der Waals surface area (Å²) in [5.41, 5.74) is 2.54. The summed E-state index contributed by atoms with van der Waals surface area (Å²) in [5.74, 6) is 0.930. The van der Waals surface area contributed by atoms with E-state index in [0.29, 0.717) is 18.0 Å². The van der Waals surface area contributed by atoms with Gasteiger partial charge in [0.25, 0.3) is 5.91 Å². The SMILES string of the molecule is CCCNC(=O)c1ccc(N2CCN(Cc3cc(-c4cccc(O)c4)cs3)CC2)nn1. The number of aromatic hydroxyl groups is 1. The molecule has 0 radical (unpaired) electrons. The maximum atomic E-state index is 12.0. The Morgan fingerprint density at radius 1 is 1.10 bits per heavy atom. The van der Waals surface area contributed by atoms with E-state index in [-0.39, 0.29) is 5.91 Å². The van der Waals surface area contributed by atoms with Crippen LogP contribution in [0.15, 0.2) is 47.8 Å². The van der Waals surface area contributed by atoms with Crippen molar-refractivity contribution in [2.45, 2.75) is 19.9 Å². The number of carbonyl (C=O) groups is 1. The molecule has 1 aliphatic heterocycles. The highest BCUT2D eigenvalue weighted by Gasteiger charge is 2.19. The fourth-order valence-corrected chi connectivity index (χ4v) is 4.53. The number of aromatic nitrogens is 2. The summed E-state index contributed by atoms with van der Waals surface area (Å²) in [6, 6.07) is 13.2. The lowest BCUT2D eigenvalue weighted by Crippen LogP contribution is -2.46. The highest BCUT2D eigenvalue weighted by atomic mass is 32.1. The van der Waals surface area contributed by atoms with Crippen molar-refractivity contribution in [3.8, 4) is 16.9 Å². The van der Waals surface area contributed by atoms with Crippen LogP contribution in [0.3, 0.4) is 0 Å². The lowest BCUT2D eigenvalue weighted by atomic mass is 10.1. The van der Waals surface area contributed by atoms with Crippen LogP contribution in [0.1, 0.15) is 28.7 Å². The molecule has 1 aliphatic rings. The quantitative estimate of drug-likeness (QED) is 0.590. The first kappa shape index (κ1) is 21.3. The van der Waals surface area contributed by atoms with Gasteiger partial charge in [0.2, 0.25) is 0 Å². The van der Waals surface area contributed by atoms with Crippen molar-refractivity contribution in [2.24, 2.45) is 0 Å². The summed E-state index contributed by atoms with van der Waals surface area (Å²) in [6.07, 6.45) is 0.893. The van der Waals surface area contributed by atoms with Gasteiger partial charge in [-0.3, -0.25) is 9.69 Å². The smallest absolute Gasteiger partial charge is 0.271 e.